The molecule has 1 aliphatic heterocycles. The summed E-state index contributed by atoms with van der Waals surface area (Å²) in [5.74, 6) is -0.299. The Bertz CT molecular complexity index is 682. The molecule has 1 aromatic rings. The highest BCUT2D eigenvalue weighted by Crippen LogP contribution is 2.37. The zero-order valence-electron chi connectivity index (χ0n) is 14.7. The molecule has 0 bridgehead atoms. The molecule has 2 amide bonds. The highest BCUT2D eigenvalue weighted by atomic mass is 32.2. The van der Waals surface area contributed by atoms with Gasteiger partial charge in [-0.2, -0.15) is 0 Å². The van der Waals surface area contributed by atoms with E-state index in [0.29, 0.717) is 11.4 Å². The highest BCUT2D eigenvalue weighted by molar-refractivity contribution is 7.99. The Labute approximate surface area is 156 Å². The third-order valence-electron chi connectivity index (χ3n) is 5.04. The summed E-state index contributed by atoms with van der Waals surface area (Å²) in [6.45, 7) is 2.65. The summed E-state index contributed by atoms with van der Waals surface area (Å²) in [7, 11) is 0. The molecule has 3 N–H and O–H groups in total. The van der Waals surface area contributed by atoms with Crippen molar-refractivity contribution in [3.63, 3.8) is 0 Å². The van der Waals surface area contributed by atoms with E-state index in [1.165, 1.54) is 17.8 Å². The van der Waals surface area contributed by atoms with Crippen molar-refractivity contribution in [3.8, 4) is 0 Å². The van der Waals surface area contributed by atoms with Crippen LogP contribution < -0.4 is 10.6 Å². The zero-order valence-corrected chi connectivity index (χ0v) is 15.5. The normalized spacial score (nSPS) is 24.5. The molecule has 1 fully saturated rings. The predicted molar refractivity (Wildman–Crippen MR) is 97.8 cm³/mol. The fourth-order valence-corrected chi connectivity index (χ4v) is 4.74. The average Bonchev–Trinajstić information content (AvgIpc) is 2.57. The molecule has 1 atom stereocenters. The Kier molecular flexibility index (Phi) is 6.03. The molecular formula is C18H24FN3O3S. The first-order valence-electron chi connectivity index (χ1n) is 8.92. The minimum absolute atomic E-state index is 0.0299. The molecule has 3 rings (SSSR count). The minimum Gasteiger partial charge on any atom is -0.480 e. The Morgan fingerprint density at radius 3 is 2.81 bits per heavy atom. The lowest BCUT2D eigenvalue weighted by Crippen LogP contribution is -2.56. The number of fused-ring (bicyclic) bond motifs is 1. The van der Waals surface area contributed by atoms with Crippen LogP contribution in [0.4, 0.5) is 9.18 Å². The van der Waals surface area contributed by atoms with Crippen LogP contribution in [-0.4, -0.2) is 52.9 Å². The molecule has 2 aliphatic rings. The van der Waals surface area contributed by atoms with Gasteiger partial charge in [0.05, 0.1) is 12.6 Å². The van der Waals surface area contributed by atoms with E-state index in [0.717, 1.165) is 30.6 Å². The monoisotopic (exact) mass is 381 g/mol. The van der Waals surface area contributed by atoms with Gasteiger partial charge in [0.1, 0.15) is 5.82 Å². The fraction of sp³-hybridized carbons (Fsp3) is 0.556. The standard InChI is InChI=1S/C18H24FN3O3S/c1-2-22(10-16(23)24)12-8-11(9-12)20-18(25)21-15-6-7-26-17-13(15)4-3-5-14(17)19/h3-5,11-12,15H,2,6-10H2,1H3,(H,23,24)(H2,20,21,25). The second kappa shape index (κ2) is 8.26. The van der Waals surface area contributed by atoms with E-state index in [9.17, 15) is 14.0 Å². The van der Waals surface area contributed by atoms with Crippen molar-refractivity contribution in [1.29, 1.82) is 0 Å². The van der Waals surface area contributed by atoms with Gasteiger partial charge in [0, 0.05) is 22.7 Å². The van der Waals surface area contributed by atoms with Crippen molar-refractivity contribution < 1.29 is 19.1 Å². The topological polar surface area (TPSA) is 81.7 Å². The number of amides is 2. The molecule has 1 heterocycles. The molecule has 142 valence electrons. The number of rotatable bonds is 6. The van der Waals surface area contributed by atoms with Gasteiger partial charge in [-0.05, 0) is 37.4 Å². The van der Waals surface area contributed by atoms with Crippen molar-refractivity contribution in [1.82, 2.24) is 15.5 Å². The van der Waals surface area contributed by atoms with Gasteiger partial charge in [0.15, 0.2) is 0 Å². The number of likely N-dealkylation sites (N-methyl/N-ethyl adjacent to an activating group) is 1. The molecule has 8 heteroatoms. The maximum atomic E-state index is 13.9. The van der Waals surface area contributed by atoms with Crippen LogP contribution in [0.15, 0.2) is 23.1 Å². The number of aliphatic carboxylic acids is 1. The van der Waals surface area contributed by atoms with E-state index >= 15 is 0 Å². The van der Waals surface area contributed by atoms with E-state index in [1.54, 1.807) is 6.07 Å². The van der Waals surface area contributed by atoms with E-state index < -0.39 is 5.97 Å². The molecule has 1 aliphatic carbocycles. The number of carboxylic acids is 1. The van der Waals surface area contributed by atoms with Crippen LogP contribution in [-0.2, 0) is 4.79 Å². The smallest absolute Gasteiger partial charge is 0.317 e. The maximum absolute atomic E-state index is 13.9. The number of hydrogen-bond acceptors (Lipinski definition) is 4. The van der Waals surface area contributed by atoms with Crippen LogP contribution in [0.25, 0.3) is 0 Å². The summed E-state index contributed by atoms with van der Waals surface area (Å²) in [5.41, 5.74) is 0.835. The molecule has 26 heavy (non-hydrogen) atoms. The molecule has 0 spiro atoms. The molecule has 0 radical (unpaired) electrons. The van der Waals surface area contributed by atoms with Gasteiger partial charge >= 0.3 is 12.0 Å². The van der Waals surface area contributed by atoms with Crippen LogP contribution in [0.5, 0.6) is 0 Å². The number of hydrogen-bond donors (Lipinski definition) is 3. The third-order valence-corrected chi connectivity index (χ3v) is 6.20. The van der Waals surface area contributed by atoms with Gasteiger partial charge in [0.2, 0.25) is 0 Å². The lowest BCUT2D eigenvalue weighted by molar-refractivity contribution is -0.139. The lowest BCUT2D eigenvalue weighted by Gasteiger charge is -2.42. The molecule has 1 saturated carbocycles. The van der Waals surface area contributed by atoms with Gasteiger partial charge in [-0.15, -0.1) is 11.8 Å². The number of benzene rings is 1. The van der Waals surface area contributed by atoms with Gasteiger partial charge in [0.25, 0.3) is 0 Å². The van der Waals surface area contributed by atoms with E-state index in [-0.39, 0.29) is 36.5 Å². The number of thioether (sulfide) groups is 1. The number of carbonyl (C=O) groups excluding carboxylic acids is 1. The molecule has 1 unspecified atom stereocenters. The first-order valence-corrected chi connectivity index (χ1v) is 9.90. The number of halogens is 1. The molecular weight excluding hydrogens is 357 g/mol. The van der Waals surface area contributed by atoms with Gasteiger partial charge in [-0.1, -0.05) is 19.1 Å². The van der Waals surface area contributed by atoms with Crippen molar-refractivity contribution in [3.05, 3.63) is 29.6 Å². The Balaban J connectivity index is 1.49. The van der Waals surface area contributed by atoms with Crippen LogP contribution in [0, 0.1) is 5.82 Å². The number of carbonyl (C=O) groups is 2. The van der Waals surface area contributed by atoms with Gasteiger partial charge < -0.3 is 15.7 Å². The molecule has 6 nitrogen and oxygen atoms in total. The number of nitrogens with zero attached hydrogens (tertiary/aromatic N) is 1. The van der Waals surface area contributed by atoms with Crippen LogP contribution in [0.1, 0.15) is 37.8 Å². The zero-order chi connectivity index (χ0) is 18.7. The van der Waals surface area contributed by atoms with E-state index in [2.05, 4.69) is 10.6 Å². The summed E-state index contributed by atoms with van der Waals surface area (Å²) in [6, 6.07) is 4.79. The minimum atomic E-state index is -0.831. The van der Waals surface area contributed by atoms with Crippen molar-refractivity contribution in [2.24, 2.45) is 0 Å². The molecule has 0 saturated heterocycles. The highest BCUT2D eigenvalue weighted by Gasteiger charge is 2.35. The molecule has 0 aromatic heterocycles. The van der Waals surface area contributed by atoms with Crippen LogP contribution in [0.2, 0.25) is 0 Å². The Morgan fingerprint density at radius 2 is 2.12 bits per heavy atom. The molecule has 1 aromatic carbocycles. The van der Waals surface area contributed by atoms with Crippen molar-refractivity contribution in [2.45, 2.75) is 49.2 Å². The Hall–Kier alpha value is -1.80. The van der Waals surface area contributed by atoms with Gasteiger partial charge in [-0.25, -0.2) is 9.18 Å². The summed E-state index contributed by atoms with van der Waals surface area (Å²) in [4.78, 5) is 25.7. The quantitative estimate of drug-likeness (QED) is 0.706. The van der Waals surface area contributed by atoms with E-state index in [4.69, 9.17) is 5.11 Å². The predicted octanol–water partition coefficient (Wildman–Crippen LogP) is 2.60. The third kappa shape index (κ3) is 4.29. The summed E-state index contributed by atoms with van der Waals surface area (Å²) in [5, 5.41) is 14.8. The second-order valence-corrected chi connectivity index (χ2v) is 7.85. The lowest BCUT2D eigenvalue weighted by atomic mass is 9.85. The Morgan fingerprint density at radius 1 is 1.35 bits per heavy atom. The summed E-state index contributed by atoms with van der Waals surface area (Å²) < 4.78 is 13.9. The van der Waals surface area contributed by atoms with E-state index in [1.807, 2.05) is 17.9 Å². The average molecular weight is 381 g/mol. The van der Waals surface area contributed by atoms with Crippen molar-refractivity contribution >= 4 is 23.8 Å². The summed E-state index contributed by atoms with van der Waals surface area (Å²) in [6.07, 6.45) is 2.27. The largest absolute Gasteiger partial charge is 0.480 e. The number of carboxylic acid groups (broad SMARTS) is 1. The first-order chi connectivity index (χ1) is 12.5. The first kappa shape index (κ1) is 19.0. The van der Waals surface area contributed by atoms with Crippen molar-refractivity contribution in [2.75, 3.05) is 18.8 Å². The number of urea groups is 1. The number of nitrogens with one attached hydrogen (secondary N) is 2. The van der Waals surface area contributed by atoms with Crippen LogP contribution in [0.3, 0.4) is 0 Å². The maximum Gasteiger partial charge on any atom is 0.317 e. The second-order valence-electron chi connectivity index (χ2n) is 6.74. The van der Waals surface area contributed by atoms with Gasteiger partial charge in [-0.3, -0.25) is 9.69 Å². The summed E-state index contributed by atoms with van der Waals surface area (Å²) >= 11 is 1.49. The SMILES string of the molecule is CCN(CC(=O)O)C1CC(NC(=O)NC2CCSc3c(F)cccc32)C1. The fourth-order valence-electron chi connectivity index (χ4n) is 3.60. The van der Waals surface area contributed by atoms with Crippen LogP contribution >= 0.6 is 11.8 Å².